The zero-order valence-corrected chi connectivity index (χ0v) is 19.7. The van der Waals surface area contributed by atoms with Crippen molar-refractivity contribution in [1.29, 1.82) is 0 Å². The molecule has 176 valence electrons. The Morgan fingerprint density at radius 2 is 1.51 bits per heavy atom. The largest absolute Gasteiger partial charge is 0.451 e. The Balaban J connectivity index is 1.35. The van der Waals surface area contributed by atoms with Crippen LogP contribution in [0.15, 0.2) is 108 Å². The van der Waals surface area contributed by atoms with Gasteiger partial charge in [0.2, 0.25) is 0 Å². The topological polar surface area (TPSA) is 59.0 Å². The number of likely N-dealkylation sites (tertiary alicyclic amines) is 1. The van der Waals surface area contributed by atoms with Gasteiger partial charge in [0.1, 0.15) is 6.04 Å². The summed E-state index contributed by atoms with van der Waals surface area (Å²) in [6.45, 7) is 5.81. The molecule has 0 N–H and O–H groups in total. The summed E-state index contributed by atoms with van der Waals surface area (Å²) in [6, 6.07) is 28.0. The van der Waals surface area contributed by atoms with Crippen LogP contribution < -0.4 is 0 Å². The number of carbonyl (C=O) groups is 2. The second-order valence-electron chi connectivity index (χ2n) is 9.21. The van der Waals surface area contributed by atoms with Crippen LogP contribution in [-0.4, -0.2) is 40.6 Å². The molecule has 1 fully saturated rings. The number of fused-ring (bicyclic) bond motifs is 1. The van der Waals surface area contributed by atoms with E-state index >= 15 is 0 Å². The molecule has 2 aliphatic heterocycles. The van der Waals surface area contributed by atoms with Gasteiger partial charge in [-0.2, -0.15) is 0 Å². The van der Waals surface area contributed by atoms with Gasteiger partial charge in [0, 0.05) is 18.6 Å². The third kappa shape index (κ3) is 4.54. The quantitative estimate of drug-likeness (QED) is 0.270. The van der Waals surface area contributed by atoms with E-state index in [2.05, 4.69) is 23.7 Å². The van der Waals surface area contributed by atoms with Crippen LogP contribution in [0.4, 0.5) is 0 Å². The van der Waals surface area contributed by atoms with Crippen LogP contribution in [0.2, 0.25) is 0 Å². The molecule has 0 aromatic heterocycles. The summed E-state index contributed by atoms with van der Waals surface area (Å²) in [7, 11) is 0. The van der Waals surface area contributed by atoms with Gasteiger partial charge in [-0.3, -0.25) is 9.79 Å². The van der Waals surface area contributed by atoms with Crippen LogP contribution in [0.25, 0.3) is 0 Å². The number of hydrogen-bond donors (Lipinski definition) is 0. The summed E-state index contributed by atoms with van der Waals surface area (Å²) in [5.41, 5.74) is 4.47. The molecule has 3 aromatic rings. The lowest BCUT2D eigenvalue weighted by atomic mass is 9.89. The van der Waals surface area contributed by atoms with E-state index in [1.165, 1.54) is 0 Å². The molecule has 0 aliphatic carbocycles. The van der Waals surface area contributed by atoms with Crippen molar-refractivity contribution in [2.75, 3.05) is 0 Å². The minimum Gasteiger partial charge on any atom is -0.451 e. The van der Waals surface area contributed by atoms with Crippen LogP contribution in [0.1, 0.15) is 36.1 Å². The van der Waals surface area contributed by atoms with Gasteiger partial charge < -0.3 is 9.64 Å². The van der Waals surface area contributed by atoms with Gasteiger partial charge in [-0.1, -0.05) is 97.6 Å². The van der Waals surface area contributed by atoms with Gasteiger partial charge in [-0.25, -0.2) is 4.79 Å². The van der Waals surface area contributed by atoms with Crippen LogP contribution in [-0.2, 0) is 20.7 Å². The summed E-state index contributed by atoms with van der Waals surface area (Å²) in [5, 5.41) is 0. The monoisotopic (exact) mass is 464 g/mol. The first kappa shape index (κ1) is 22.8. The van der Waals surface area contributed by atoms with Crippen molar-refractivity contribution in [3.05, 3.63) is 120 Å². The number of carbonyl (C=O) groups excluding carboxylic acids is 2. The molecule has 2 aliphatic rings. The number of nitrogens with zero attached hydrogens (tertiary/aromatic N) is 2. The minimum absolute atomic E-state index is 0.137. The van der Waals surface area contributed by atoms with Crippen molar-refractivity contribution in [2.45, 2.75) is 44.0 Å². The highest BCUT2D eigenvalue weighted by atomic mass is 16.5. The van der Waals surface area contributed by atoms with E-state index in [9.17, 15) is 9.59 Å². The maximum atomic E-state index is 13.6. The van der Waals surface area contributed by atoms with Crippen molar-refractivity contribution in [3.8, 4) is 0 Å². The predicted molar refractivity (Wildman–Crippen MR) is 136 cm³/mol. The highest BCUT2D eigenvalue weighted by Gasteiger charge is 2.55. The zero-order valence-electron chi connectivity index (χ0n) is 19.7. The molecule has 0 radical (unpaired) electrons. The first-order valence-corrected chi connectivity index (χ1v) is 11.9. The Labute approximate surface area is 205 Å². The molecule has 2 heterocycles. The normalized spacial score (nSPS) is 19.5. The Bertz CT molecular complexity index is 1220. The predicted octanol–water partition coefficient (Wildman–Crippen LogP) is 4.93. The number of rotatable bonds is 8. The molecule has 1 amide bonds. The molecular weight excluding hydrogens is 436 g/mol. The summed E-state index contributed by atoms with van der Waals surface area (Å²) in [6.07, 6.45) is 0.789. The van der Waals surface area contributed by atoms with Crippen molar-refractivity contribution in [1.82, 2.24) is 4.90 Å². The zero-order chi connectivity index (χ0) is 24.4. The van der Waals surface area contributed by atoms with Crippen LogP contribution >= 0.6 is 0 Å². The van der Waals surface area contributed by atoms with E-state index < -0.39 is 24.2 Å². The number of ether oxygens (including phenoxy) is 1. The lowest BCUT2D eigenvalue weighted by molar-refractivity contribution is -0.166. The lowest BCUT2D eigenvalue weighted by Gasteiger charge is -2.46. The van der Waals surface area contributed by atoms with Crippen molar-refractivity contribution < 1.29 is 14.3 Å². The van der Waals surface area contributed by atoms with Gasteiger partial charge in [0.25, 0.3) is 5.91 Å². The third-order valence-electron chi connectivity index (χ3n) is 6.65. The molecule has 0 spiro atoms. The maximum absolute atomic E-state index is 13.6. The van der Waals surface area contributed by atoms with Crippen molar-refractivity contribution >= 4 is 17.6 Å². The van der Waals surface area contributed by atoms with E-state index in [0.29, 0.717) is 18.4 Å². The number of aliphatic imine (C=N–C) groups is 1. The highest BCUT2D eigenvalue weighted by Crippen LogP contribution is 2.37. The molecule has 3 atom stereocenters. The maximum Gasteiger partial charge on any atom is 0.334 e. The van der Waals surface area contributed by atoms with Crippen LogP contribution in [0, 0.1) is 0 Å². The number of amides is 1. The second kappa shape index (κ2) is 9.71. The van der Waals surface area contributed by atoms with Gasteiger partial charge in [-0.15, -0.1) is 0 Å². The molecule has 35 heavy (non-hydrogen) atoms. The standard InChI is InChI=1S/C30H28N2O3/c1-20(2)27(30(34)35-28(22-14-8-4-9-15-22)23-16-10-5-11-17-23)32-25-19-24(31-26(25)29(32)33)18-21-12-6-3-7-13-21/h3-17,25-28H,1,18-19H2,2H3. The molecule has 5 heteroatoms. The average molecular weight is 465 g/mol. The molecule has 3 aromatic carbocycles. The second-order valence-corrected chi connectivity index (χ2v) is 9.21. The Morgan fingerprint density at radius 1 is 0.971 bits per heavy atom. The minimum atomic E-state index is -0.843. The summed E-state index contributed by atoms with van der Waals surface area (Å²) < 4.78 is 6.09. The fourth-order valence-corrected chi connectivity index (χ4v) is 4.98. The molecule has 5 rings (SSSR count). The molecule has 3 unspecified atom stereocenters. The number of hydrogen-bond acceptors (Lipinski definition) is 4. The fourth-order valence-electron chi connectivity index (χ4n) is 4.98. The molecule has 0 bridgehead atoms. The summed E-state index contributed by atoms with van der Waals surface area (Å²) in [5.74, 6) is -0.613. The van der Waals surface area contributed by atoms with E-state index in [0.717, 1.165) is 22.4 Å². The first-order valence-electron chi connectivity index (χ1n) is 11.9. The SMILES string of the molecule is C=C(C)C(C(=O)OC(c1ccccc1)c1ccccc1)N1C(=O)C2N=C(Cc3ccccc3)CC21. The third-order valence-corrected chi connectivity index (χ3v) is 6.65. The Hall–Kier alpha value is -3.99. The molecular formula is C30H28N2O3. The van der Waals surface area contributed by atoms with E-state index in [-0.39, 0.29) is 11.9 Å². The van der Waals surface area contributed by atoms with E-state index in [4.69, 9.17) is 4.74 Å². The van der Waals surface area contributed by atoms with E-state index in [1.807, 2.05) is 78.9 Å². The molecule has 1 saturated heterocycles. The van der Waals surface area contributed by atoms with Gasteiger partial charge in [0.15, 0.2) is 12.1 Å². The van der Waals surface area contributed by atoms with Gasteiger partial charge in [-0.05, 0) is 29.2 Å². The molecule has 5 nitrogen and oxygen atoms in total. The van der Waals surface area contributed by atoms with Crippen molar-refractivity contribution in [2.24, 2.45) is 4.99 Å². The average Bonchev–Trinajstić information content (AvgIpc) is 3.25. The number of β-lactam (4-membered cyclic amide) rings is 1. The van der Waals surface area contributed by atoms with Crippen LogP contribution in [0.5, 0.6) is 0 Å². The number of benzene rings is 3. The summed E-state index contributed by atoms with van der Waals surface area (Å²) in [4.78, 5) is 33.0. The van der Waals surface area contributed by atoms with E-state index in [1.54, 1.807) is 11.8 Å². The van der Waals surface area contributed by atoms with Gasteiger partial charge >= 0.3 is 5.97 Å². The van der Waals surface area contributed by atoms with Crippen LogP contribution in [0.3, 0.4) is 0 Å². The fraction of sp³-hybridized carbons (Fsp3) is 0.233. The summed E-state index contributed by atoms with van der Waals surface area (Å²) >= 11 is 0. The van der Waals surface area contributed by atoms with Gasteiger partial charge in [0.05, 0.1) is 6.04 Å². The van der Waals surface area contributed by atoms with Crippen molar-refractivity contribution in [3.63, 3.8) is 0 Å². The Morgan fingerprint density at radius 3 is 2.06 bits per heavy atom. The highest BCUT2D eigenvalue weighted by molar-refractivity contribution is 6.02. The molecule has 0 saturated carbocycles. The smallest absolute Gasteiger partial charge is 0.334 e. The Kier molecular flexibility index (Phi) is 6.32. The number of esters is 1. The first-order chi connectivity index (χ1) is 17.0. The lowest BCUT2D eigenvalue weighted by Crippen LogP contribution is -2.67.